The van der Waals surface area contributed by atoms with Gasteiger partial charge < -0.3 is 10.7 Å². The van der Waals surface area contributed by atoms with Gasteiger partial charge >= 0.3 is 0 Å². The molecule has 0 radical (unpaired) electrons. The van der Waals surface area contributed by atoms with Crippen LogP contribution in [0.15, 0.2) is 42.4 Å². The first-order chi connectivity index (χ1) is 11.8. The van der Waals surface area contributed by atoms with Gasteiger partial charge in [-0.15, -0.1) is 11.3 Å². The summed E-state index contributed by atoms with van der Waals surface area (Å²) in [4.78, 5) is 25.9. The van der Waals surface area contributed by atoms with Gasteiger partial charge in [-0.3, -0.25) is 4.57 Å². The molecule has 9 heteroatoms. The van der Waals surface area contributed by atoms with E-state index >= 15 is 0 Å². The van der Waals surface area contributed by atoms with E-state index in [1.165, 1.54) is 0 Å². The zero-order valence-corrected chi connectivity index (χ0v) is 13.0. The van der Waals surface area contributed by atoms with Gasteiger partial charge in [-0.05, 0) is 17.5 Å². The highest BCUT2D eigenvalue weighted by molar-refractivity contribution is 7.13. The first kappa shape index (κ1) is 13.1. The van der Waals surface area contributed by atoms with E-state index in [-0.39, 0.29) is 0 Å². The molecule has 0 aromatic carbocycles. The van der Waals surface area contributed by atoms with Crippen molar-refractivity contribution in [1.29, 1.82) is 0 Å². The van der Waals surface area contributed by atoms with Crippen molar-refractivity contribution in [3.63, 3.8) is 0 Å². The predicted molar refractivity (Wildman–Crippen MR) is 91.8 cm³/mol. The second kappa shape index (κ2) is 4.83. The van der Waals surface area contributed by atoms with Gasteiger partial charge in [-0.25, -0.2) is 15.0 Å². The second-order valence-corrected chi connectivity index (χ2v) is 6.08. The number of aromatic amines is 1. The molecule has 0 fully saturated rings. The smallest absolute Gasteiger partial charge is 0.240 e. The molecule has 0 bridgehead atoms. The van der Waals surface area contributed by atoms with E-state index < -0.39 is 0 Å². The van der Waals surface area contributed by atoms with Gasteiger partial charge in [-0.2, -0.15) is 9.97 Å². The molecule has 0 unspecified atom stereocenters. The molecule has 0 aliphatic heterocycles. The zero-order valence-electron chi connectivity index (χ0n) is 12.2. The Labute approximate surface area is 139 Å². The van der Waals surface area contributed by atoms with Gasteiger partial charge in [0, 0.05) is 16.6 Å². The van der Waals surface area contributed by atoms with Crippen molar-refractivity contribution in [2.45, 2.75) is 0 Å². The summed E-state index contributed by atoms with van der Waals surface area (Å²) < 4.78 is 1.72. The number of imidazole rings is 2. The number of anilines is 1. The Morgan fingerprint density at radius 2 is 2.08 bits per heavy atom. The molecule has 0 saturated heterocycles. The van der Waals surface area contributed by atoms with Crippen LogP contribution in [0.4, 0.5) is 5.82 Å². The molecule has 24 heavy (non-hydrogen) atoms. The number of hydrogen-bond acceptors (Lipinski definition) is 7. The van der Waals surface area contributed by atoms with Crippen molar-refractivity contribution < 1.29 is 0 Å². The third kappa shape index (κ3) is 1.82. The Hall–Kier alpha value is -3.33. The Kier molecular flexibility index (Phi) is 2.65. The lowest BCUT2D eigenvalue weighted by molar-refractivity contribution is 0.953. The lowest BCUT2D eigenvalue weighted by atomic mass is 10.2. The summed E-state index contributed by atoms with van der Waals surface area (Å²) in [5.74, 6) is 0.731. The summed E-state index contributed by atoms with van der Waals surface area (Å²) in [7, 11) is 0. The minimum Gasteiger partial charge on any atom is -0.382 e. The standard InChI is InChI=1S/C15H10N8S/c16-12-11-13(19-6-18-11)22-15(21-12)23-7-20-10-8(3-4-17-14(10)23)9-2-1-5-24-9/h1-7H,(H3,16,18,19,21,22). The lowest BCUT2D eigenvalue weighted by Crippen LogP contribution is -2.04. The summed E-state index contributed by atoms with van der Waals surface area (Å²) in [6, 6.07) is 6.03. The number of H-pyrrole nitrogens is 1. The van der Waals surface area contributed by atoms with Gasteiger partial charge in [0.2, 0.25) is 5.95 Å². The minimum atomic E-state index is 0.337. The highest BCUT2D eigenvalue weighted by atomic mass is 32.1. The molecule has 3 N–H and O–H groups in total. The molecule has 5 rings (SSSR count). The molecule has 0 spiro atoms. The fraction of sp³-hybridized carbons (Fsp3) is 0. The van der Waals surface area contributed by atoms with Gasteiger partial charge in [0.25, 0.3) is 0 Å². The fourth-order valence-corrected chi connectivity index (χ4v) is 3.40. The molecule has 116 valence electrons. The number of fused-ring (bicyclic) bond motifs is 2. The van der Waals surface area contributed by atoms with Gasteiger partial charge in [0.15, 0.2) is 17.1 Å². The summed E-state index contributed by atoms with van der Waals surface area (Å²) in [6.07, 6.45) is 4.95. The number of hydrogen-bond donors (Lipinski definition) is 2. The number of nitrogen functional groups attached to an aromatic ring is 1. The van der Waals surface area contributed by atoms with E-state index in [0.29, 0.717) is 28.6 Å². The Balaban J connectivity index is 1.76. The largest absolute Gasteiger partial charge is 0.382 e. The van der Waals surface area contributed by atoms with E-state index in [0.717, 1.165) is 16.0 Å². The highest BCUT2D eigenvalue weighted by Crippen LogP contribution is 2.30. The van der Waals surface area contributed by atoms with E-state index in [1.807, 2.05) is 17.5 Å². The summed E-state index contributed by atoms with van der Waals surface area (Å²) in [6.45, 7) is 0. The maximum Gasteiger partial charge on any atom is 0.240 e. The molecule has 0 saturated carbocycles. The molecule has 5 heterocycles. The Morgan fingerprint density at radius 1 is 1.12 bits per heavy atom. The molecule has 0 amide bonds. The molecule has 0 aliphatic rings. The number of thiophene rings is 1. The van der Waals surface area contributed by atoms with Crippen LogP contribution in [0.5, 0.6) is 0 Å². The Bertz CT molecular complexity index is 1170. The van der Waals surface area contributed by atoms with Crippen LogP contribution >= 0.6 is 11.3 Å². The normalized spacial score (nSPS) is 11.5. The van der Waals surface area contributed by atoms with Crippen LogP contribution in [0.2, 0.25) is 0 Å². The van der Waals surface area contributed by atoms with Gasteiger partial charge in [0.1, 0.15) is 17.4 Å². The zero-order chi connectivity index (χ0) is 16.1. The van der Waals surface area contributed by atoms with E-state index in [4.69, 9.17) is 5.73 Å². The number of nitrogens with one attached hydrogen (secondary N) is 1. The van der Waals surface area contributed by atoms with Crippen molar-refractivity contribution in [3.8, 4) is 16.4 Å². The number of nitrogens with zero attached hydrogens (tertiary/aromatic N) is 6. The SMILES string of the molecule is Nc1nc(-n2cnc3c(-c4cccs4)ccnc32)nc2nc[nH]c12. The maximum atomic E-state index is 5.98. The van der Waals surface area contributed by atoms with Crippen LogP contribution in [0.3, 0.4) is 0 Å². The molecule has 5 aromatic rings. The summed E-state index contributed by atoms with van der Waals surface area (Å²) in [5, 5.41) is 2.04. The maximum absolute atomic E-state index is 5.98. The van der Waals surface area contributed by atoms with Crippen LogP contribution in [-0.2, 0) is 0 Å². The molecule has 0 atom stereocenters. The summed E-state index contributed by atoms with van der Waals surface area (Å²) in [5.41, 5.74) is 9.61. The van der Waals surface area contributed by atoms with Crippen molar-refractivity contribution in [2.24, 2.45) is 0 Å². The van der Waals surface area contributed by atoms with E-state index in [2.05, 4.69) is 36.0 Å². The van der Waals surface area contributed by atoms with E-state index in [1.54, 1.807) is 34.8 Å². The molecular weight excluding hydrogens is 324 g/mol. The van der Waals surface area contributed by atoms with Crippen molar-refractivity contribution in [3.05, 3.63) is 42.4 Å². The van der Waals surface area contributed by atoms with Gasteiger partial charge in [0.05, 0.1) is 6.33 Å². The highest BCUT2D eigenvalue weighted by Gasteiger charge is 2.15. The van der Waals surface area contributed by atoms with E-state index in [9.17, 15) is 0 Å². The quantitative estimate of drug-likeness (QED) is 0.513. The number of rotatable bonds is 2. The fourth-order valence-electron chi connectivity index (χ4n) is 2.65. The van der Waals surface area contributed by atoms with Crippen LogP contribution in [0.1, 0.15) is 0 Å². The lowest BCUT2D eigenvalue weighted by Gasteiger charge is -2.04. The monoisotopic (exact) mass is 334 g/mol. The number of pyridine rings is 1. The van der Waals surface area contributed by atoms with Crippen molar-refractivity contribution >= 4 is 39.5 Å². The third-order valence-electron chi connectivity index (χ3n) is 3.74. The van der Waals surface area contributed by atoms with Crippen molar-refractivity contribution in [1.82, 2.24) is 34.5 Å². The molecule has 5 aromatic heterocycles. The van der Waals surface area contributed by atoms with Crippen LogP contribution < -0.4 is 5.73 Å². The van der Waals surface area contributed by atoms with Crippen LogP contribution in [0, 0.1) is 0 Å². The second-order valence-electron chi connectivity index (χ2n) is 5.13. The minimum absolute atomic E-state index is 0.337. The topological polar surface area (TPSA) is 111 Å². The summed E-state index contributed by atoms with van der Waals surface area (Å²) >= 11 is 1.66. The number of aromatic nitrogens is 7. The number of nitrogens with two attached hydrogens (primary N) is 1. The predicted octanol–water partition coefficient (Wildman–Crippen LogP) is 2.40. The average molecular weight is 334 g/mol. The van der Waals surface area contributed by atoms with Crippen LogP contribution in [-0.4, -0.2) is 34.5 Å². The first-order valence-electron chi connectivity index (χ1n) is 7.14. The Morgan fingerprint density at radius 3 is 2.96 bits per heavy atom. The molecule has 8 nitrogen and oxygen atoms in total. The first-order valence-corrected chi connectivity index (χ1v) is 8.02. The van der Waals surface area contributed by atoms with Crippen LogP contribution in [0.25, 0.3) is 38.7 Å². The molecule has 0 aliphatic carbocycles. The molecular formula is C15H10N8S. The average Bonchev–Trinajstić information content (AvgIpc) is 3.33. The third-order valence-corrected chi connectivity index (χ3v) is 4.64. The van der Waals surface area contributed by atoms with Crippen molar-refractivity contribution in [2.75, 3.05) is 5.73 Å². The van der Waals surface area contributed by atoms with Gasteiger partial charge in [-0.1, -0.05) is 6.07 Å².